The van der Waals surface area contributed by atoms with Gasteiger partial charge in [-0.2, -0.15) is 23.3 Å². The summed E-state index contributed by atoms with van der Waals surface area (Å²) in [5.74, 6) is -1.84. The Morgan fingerprint density at radius 1 is 1.22 bits per heavy atom. The summed E-state index contributed by atoms with van der Waals surface area (Å²) in [6.45, 7) is 1.18. The molecular weight excluding hydrogens is 423 g/mol. The van der Waals surface area contributed by atoms with E-state index in [2.05, 4.69) is 26.0 Å². The van der Waals surface area contributed by atoms with Crippen LogP contribution in [0.4, 0.5) is 13.2 Å². The van der Waals surface area contributed by atoms with Gasteiger partial charge in [0, 0.05) is 11.4 Å². The first kappa shape index (κ1) is 17.9. The van der Waals surface area contributed by atoms with Gasteiger partial charge in [0.15, 0.2) is 5.71 Å². The Morgan fingerprint density at radius 2 is 1.93 bits per heavy atom. The highest BCUT2D eigenvalue weighted by molar-refractivity contribution is 9.11. The molecule has 0 fully saturated rings. The van der Waals surface area contributed by atoms with Crippen molar-refractivity contribution in [2.75, 3.05) is 0 Å². The van der Waals surface area contributed by atoms with Crippen LogP contribution in [0.5, 0.6) is 0 Å². The molecule has 0 saturated carbocycles. The van der Waals surface area contributed by atoms with E-state index >= 15 is 0 Å². The molecule has 138 valence electrons. The molecule has 8 heteroatoms. The second-order valence-electron chi connectivity index (χ2n) is 6.30. The quantitative estimate of drug-likeness (QED) is 0.641. The molecule has 1 amide bonds. The number of benzene rings is 1. The number of carbonyl (C=O) groups is 1. The molecule has 2 aliphatic heterocycles. The standard InChI is InChI=1S/C19H13BrF3N3O/c1-10(27)26-18-16(17(25-26)19(21,22)23)15(11-5-3-2-4-6-11)13-9-12(20)7-8-14(13)24-18/h2-9,14,16H,1H3/t14-,16-/m1/s1. The number of nitrogens with zero attached hydrogens (tertiary/aromatic N) is 3. The third-order valence-corrected chi connectivity index (χ3v) is 5.04. The van der Waals surface area contributed by atoms with E-state index in [1.807, 2.05) is 0 Å². The first-order valence-corrected chi connectivity index (χ1v) is 8.95. The van der Waals surface area contributed by atoms with Gasteiger partial charge in [-0.25, -0.2) is 0 Å². The zero-order valence-electron chi connectivity index (χ0n) is 14.0. The second kappa shape index (κ2) is 6.30. The maximum atomic E-state index is 13.8. The summed E-state index contributed by atoms with van der Waals surface area (Å²) in [5.41, 5.74) is 0.739. The van der Waals surface area contributed by atoms with E-state index in [1.54, 1.807) is 48.6 Å². The number of hydrogen-bond acceptors (Lipinski definition) is 3. The highest BCUT2D eigenvalue weighted by Crippen LogP contribution is 2.44. The number of aliphatic imine (C=N–C) groups is 1. The van der Waals surface area contributed by atoms with Crippen LogP contribution in [0.3, 0.4) is 0 Å². The Hall–Kier alpha value is -2.48. The molecule has 2 atom stereocenters. The lowest BCUT2D eigenvalue weighted by Crippen LogP contribution is -2.39. The van der Waals surface area contributed by atoms with Gasteiger partial charge in [-0.05, 0) is 28.9 Å². The van der Waals surface area contributed by atoms with Crippen molar-refractivity contribution in [2.45, 2.75) is 19.1 Å². The molecule has 1 aromatic carbocycles. The Bertz CT molecular complexity index is 974. The number of alkyl halides is 3. The number of carbonyl (C=O) groups excluding carboxylic acids is 1. The van der Waals surface area contributed by atoms with Crippen LogP contribution >= 0.6 is 15.9 Å². The SMILES string of the molecule is CC(=O)N1N=C(C(F)(F)F)[C@@H]2C1=N[C@@H]1C=CC(Br)=CC1=C2c1ccccc1. The van der Waals surface area contributed by atoms with E-state index in [4.69, 9.17) is 0 Å². The zero-order valence-corrected chi connectivity index (χ0v) is 15.6. The number of hydrogen-bond donors (Lipinski definition) is 0. The molecule has 4 nitrogen and oxygen atoms in total. The maximum absolute atomic E-state index is 13.8. The minimum absolute atomic E-state index is 0.0125. The van der Waals surface area contributed by atoms with Crippen LogP contribution in [0.1, 0.15) is 12.5 Å². The average molecular weight is 436 g/mol. The van der Waals surface area contributed by atoms with Gasteiger partial charge in [0.25, 0.3) is 0 Å². The molecule has 0 bridgehead atoms. The van der Waals surface area contributed by atoms with Crippen molar-refractivity contribution in [3.8, 4) is 0 Å². The summed E-state index contributed by atoms with van der Waals surface area (Å²) in [7, 11) is 0. The van der Waals surface area contributed by atoms with Crippen LogP contribution in [-0.2, 0) is 4.79 Å². The van der Waals surface area contributed by atoms with Crippen molar-refractivity contribution in [3.63, 3.8) is 0 Å². The lowest BCUT2D eigenvalue weighted by molar-refractivity contribution is -0.125. The predicted octanol–water partition coefficient (Wildman–Crippen LogP) is 4.47. The fourth-order valence-electron chi connectivity index (χ4n) is 3.49. The number of halogens is 4. The molecule has 0 spiro atoms. The zero-order chi connectivity index (χ0) is 19.3. The Kier molecular flexibility index (Phi) is 4.18. The molecule has 0 saturated heterocycles. The molecule has 0 aromatic heterocycles. The van der Waals surface area contributed by atoms with Gasteiger partial charge in [0.05, 0.1) is 12.0 Å². The Balaban J connectivity index is 1.99. The summed E-state index contributed by atoms with van der Waals surface area (Å²) in [4.78, 5) is 16.4. The Morgan fingerprint density at radius 3 is 2.56 bits per heavy atom. The van der Waals surface area contributed by atoms with Gasteiger partial charge in [-0.3, -0.25) is 9.79 Å². The number of allylic oxidation sites excluding steroid dienone is 2. The van der Waals surface area contributed by atoms with Gasteiger partial charge in [0.1, 0.15) is 5.84 Å². The number of rotatable bonds is 1. The fraction of sp³-hybridized carbons (Fsp3) is 0.211. The number of dihydropyridines is 1. The largest absolute Gasteiger partial charge is 0.432 e. The number of amidine groups is 1. The summed E-state index contributed by atoms with van der Waals surface area (Å²) in [5, 5.41) is 4.38. The molecule has 4 rings (SSSR count). The lowest BCUT2D eigenvalue weighted by atomic mass is 9.79. The van der Waals surface area contributed by atoms with Gasteiger partial charge < -0.3 is 0 Å². The van der Waals surface area contributed by atoms with Crippen LogP contribution in [0.15, 0.2) is 68.7 Å². The van der Waals surface area contributed by atoms with Crippen molar-refractivity contribution >= 4 is 39.0 Å². The van der Waals surface area contributed by atoms with Crippen LogP contribution in [-0.4, -0.2) is 34.7 Å². The third kappa shape index (κ3) is 2.97. The van der Waals surface area contributed by atoms with Crippen molar-refractivity contribution in [1.82, 2.24) is 5.01 Å². The predicted molar refractivity (Wildman–Crippen MR) is 100 cm³/mol. The topological polar surface area (TPSA) is 45.0 Å². The molecule has 2 heterocycles. The number of amides is 1. The van der Waals surface area contributed by atoms with E-state index in [0.717, 1.165) is 9.49 Å². The first-order chi connectivity index (χ1) is 12.8. The van der Waals surface area contributed by atoms with Crippen molar-refractivity contribution in [3.05, 3.63) is 64.2 Å². The summed E-state index contributed by atoms with van der Waals surface area (Å²) >= 11 is 3.39. The molecule has 0 N–H and O–H groups in total. The highest BCUT2D eigenvalue weighted by Gasteiger charge is 2.53. The van der Waals surface area contributed by atoms with Crippen molar-refractivity contribution < 1.29 is 18.0 Å². The van der Waals surface area contributed by atoms with Gasteiger partial charge >= 0.3 is 6.18 Å². The number of hydrazone groups is 1. The fourth-order valence-corrected chi connectivity index (χ4v) is 3.89. The van der Waals surface area contributed by atoms with E-state index in [0.29, 0.717) is 16.7 Å². The summed E-state index contributed by atoms with van der Waals surface area (Å²) in [6, 6.07) is 8.37. The highest BCUT2D eigenvalue weighted by atomic mass is 79.9. The molecular formula is C19H13BrF3N3O. The molecule has 0 unspecified atom stereocenters. The maximum Gasteiger partial charge on any atom is 0.432 e. The second-order valence-corrected chi connectivity index (χ2v) is 7.22. The van der Waals surface area contributed by atoms with Gasteiger partial charge in [0.2, 0.25) is 5.91 Å². The minimum Gasteiger partial charge on any atom is -0.273 e. The summed E-state index contributed by atoms with van der Waals surface area (Å²) < 4.78 is 42.1. The molecule has 27 heavy (non-hydrogen) atoms. The first-order valence-electron chi connectivity index (χ1n) is 8.16. The van der Waals surface area contributed by atoms with Gasteiger partial charge in [-0.15, -0.1) is 0 Å². The van der Waals surface area contributed by atoms with Crippen LogP contribution in [0.2, 0.25) is 0 Å². The molecule has 0 radical (unpaired) electrons. The molecule has 3 aliphatic rings. The number of fused-ring (bicyclic) bond motifs is 2. The van der Waals surface area contributed by atoms with Crippen LogP contribution in [0, 0.1) is 5.92 Å². The average Bonchev–Trinajstić information content (AvgIpc) is 3.00. The van der Waals surface area contributed by atoms with E-state index in [-0.39, 0.29) is 5.84 Å². The van der Waals surface area contributed by atoms with Crippen molar-refractivity contribution in [1.29, 1.82) is 0 Å². The van der Waals surface area contributed by atoms with Crippen LogP contribution < -0.4 is 0 Å². The lowest BCUT2D eigenvalue weighted by Gasteiger charge is -2.31. The van der Waals surface area contributed by atoms with E-state index in [9.17, 15) is 18.0 Å². The van der Waals surface area contributed by atoms with Crippen LogP contribution in [0.25, 0.3) is 5.57 Å². The minimum atomic E-state index is -4.69. The van der Waals surface area contributed by atoms with Gasteiger partial charge in [-0.1, -0.05) is 52.3 Å². The third-order valence-electron chi connectivity index (χ3n) is 4.55. The normalized spacial score (nSPS) is 24.2. The molecule has 1 aliphatic carbocycles. The van der Waals surface area contributed by atoms with E-state index < -0.39 is 29.8 Å². The smallest absolute Gasteiger partial charge is 0.273 e. The van der Waals surface area contributed by atoms with E-state index in [1.165, 1.54) is 6.92 Å². The van der Waals surface area contributed by atoms with Crippen molar-refractivity contribution in [2.24, 2.45) is 16.0 Å². The molecule has 1 aromatic rings. The monoisotopic (exact) mass is 435 g/mol. The summed E-state index contributed by atoms with van der Waals surface area (Å²) in [6.07, 6.45) is 0.668. The Labute approximate surface area is 161 Å².